The van der Waals surface area contributed by atoms with Crippen molar-refractivity contribution in [2.75, 3.05) is 51.8 Å². The first-order valence-corrected chi connectivity index (χ1v) is 13.8. The minimum Gasteiger partial charge on any atom is -0.495 e. The van der Waals surface area contributed by atoms with Crippen molar-refractivity contribution >= 4 is 45.6 Å². The minimum atomic E-state index is 0.210. The summed E-state index contributed by atoms with van der Waals surface area (Å²) in [5, 5.41) is 13.8. The fourth-order valence-electron chi connectivity index (χ4n) is 4.65. The molecular weight excluding hydrogens is 555 g/mol. The zero-order chi connectivity index (χ0) is 28.1. The van der Waals surface area contributed by atoms with E-state index < -0.39 is 0 Å². The van der Waals surface area contributed by atoms with Crippen LogP contribution in [0.25, 0.3) is 22.0 Å². The summed E-state index contributed by atoms with van der Waals surface area (Å²) < 4.78 is 23.6. The van der Waals surface area contributed by atoms with Crippen LogP contribution in [0.15, 0.2) is 36.8 Å². The zero-order valence-electron chi connectivity index (χ0n) is 22.7. The van der Waals surface area contributed by atoms with Gasteiger partial charge in [0.15, 0.2) is 0 Å². The Hall–Kier alpha value is -3.31. The number of aromatic nitrogens is 4. The maximum atomic E-state index is 6.75. The van der Waals surface area contributed by atoms with Gasteiger partial charge in [-0.05, 0) is 25.0 Å². The fourth-order valence-corrected chi connectivity index (χ4v) is 5.35. The van der Waals surface area contributed by atoms with Crippen LogP contribution >= 0.6 is 23.2 Å². The summed E-state index contributed by atoms with van der Waals surface area (Å²) in [6.45, 7) is 3.22. The van der Waals surface area contributed by atoms with Crippen molar-refractivity contribution in [1.29, 1.82) is 0 Å². The highest BCUT2D eigenvalue weighted by Gasteiger charge is 2.22. The number of rotatable bonds is 11. The third-order valence-electron chi connectivity index (χ3n) is 6.73. The summed E-state index contributed by atoms with van der Waals surface area (Å²) in [6.07, 6.45) is 7.68. The lowest BCUT2D eigenvalue weighted by Gasteiger charge is -2.24. The Labute approximate surface area is 242 Å². The van der Waals surface area contributed by atoms with E-state index in [2.05, 4.69) is 20.7 Å². The second-order valence-corrected chi connectivity index (χ2v) is 10.2. The molecule has 4 heterocycles. The molecule has 0 aliphatic carbocycles. The number of nitrogens with zero attached hydrogens (tertiary/aromatic N) is 4. The highest BCUT2D eigenvalue weighted by atomic mass is 35.5. The lowest BCUT2D eigenvalue weighted by Crippen LogP contribution is -2.30. The molecule has 1 aliphatic rings. The Bertz CT molecular complexity index is 1450. The Morgan fingerprint density at radius 3 is 2.58 bits per heavy atom. The molecule has 1 saturated heterocycles. The third kappa shape index (κ3) is 6.20. The van der Waals surface area contributed by atoms with Crippen molar-refractivity contribution in [1.82, 2.24) is 19.7 Å². The number of nitrogens with one attached hydrogen (secondary N) is 2. The van der Waals surface area contributed by atoms with Crippen molar-refractivity contribution in [2.45, 2.75) is 32.0 Å². The quantitative estimate of drug-likeness (QED) is 0.230. The van der Waals surface area contributed by atoms with Gasteiger partial charge >= 0.3 is 0 Å². The predicted molar refractivity (Wildman–Crippen MR) is 157 cm³/mol. The van der Waals surface area contributed by atoms with Crippen LogP contribution in [0.4, 0.5) is 11.6 Å². The van der Waals surface area contributed by atoms with Crippen LogP contribution in [-0.2, 0) is 22.6 Å². The van der Waals surface area contributed by atoms with Crippen molar-refractivity contribution in [3.63, 3.8) is 0 Å². The van der Waals surface area contributed by atoms with Gasteiger partial charge in [-0.2, -0.15) is 5.10 Å². The van der Waals surface area contributed by atoms with Crippen LogP contribution in [0.3, 0.4) is 0 Å². The van der Waals surface area contributed by atoms with Gasteiger partial charge in [0.05, 0.1) is 62.0 Å². The number of benzene rings is 1. The first kappa shape index (κ1) is 28.2. The molecule has 1 unspecified atom stereocenters. The number of hydrogen-bond donors (Lipinski definition) is 2. The molecule has 3 aromatic heterocycles. The second kappa shape index (κ2) is 12.9. The largest absolute Gasteiger partial charge is 0.495 e. The molecule has 1 atom stereocenters. The summed E-state index contributed by atoms with van der Waals surface area (Å²) >= 11 is 13.5. The topological polar surface area (TPSA) is 105 Å². The normalized spacial score (nSPS) is 15.3. The SMILES string of the molecule is COCCn1cc(CNc2nc(-c3c(Cl)c(OC)cc(OC)c3Cl)cc3cnc(NC4CCCOC4)cc23)cn1. The van der Waals surface area contributed by atoms with E-state index in [9.17, 15) is 0 Å². The number of pyridine rings is 2. The lowest BCUT2D eigenvalue weighted by atomic mass is 10.1. The van der Waals surface area contributed by atoms with Crippen molar-refractivity contribution in [2.24, 2.45) is 0 Å². The molecule has 0 saturated carbocycles. The van der Waals surface area contributed by atoms with Gasteiger partial charge in [-0.15, -0.1) is 0 Å². The van der Waals surface area contributed by atoms with Crippen molar-refractivity contribution in [3.8, 4) is 22.8 Å². The fraction of sp³-hybridized carbons (Fsp3) is 0.393. The summed E-state index contributed by atoms with van der Waals surface area (Å²) in [5.74, 6) is 2.28. The van der Waals surface area contributed by atoms with Gasteiger partial charge in [-0.3, -0.25) is 4.68 Å². The monoisotopic (exact) mass is 586 g/mol. The number of hydrogen-bond acceptors (Lipinski definition) is 9. The summed E-state index contributed by atoms with van der Waals surface area (Å²) in [4.78, 5) is 9.66. The molecule has 1 aromatic carbocycles. The molecule has 10 nitrogen and oxygen atoms in total. The molecule has 0 radical (unpaired) electrons. The maximum Gasteiger partial charge on any atom is 0.141 e. The van der Waals surface area contributed by atoms with E-state index in [1.807, 2.05) is 35.4 Å². The van der Waals surface area contributed by atoms with E-state index >= 15 is 0 Å². The number of anilines is 2. The number of methoxy groups -OCH3 is 3. The average Bonchev–Trinajstić information content (AvgIpc) is 3.43. The van der Waals surface area contributed by atoms with E-state index in [-0.39, 0.29) is 6.04 Å². The van der Waals surface area contributed by atoms with Crippen molar-refractivity contribution in [3.05, 3.63) is 52.4 Å². The number of fused-ring (bicyclic) bond motifs is 1. The lowest BCUT2D eigenvalue weighted by molar-refractivity contribution is 0.0875. The van der Waals surface area contributed by atoms with Gasteiger partial charge < -0.3 is 29.6 Å². The highest BCUT2D eigenvalue weighted by Crippen LogP contribution is 2.46. The minimum absolute atomic E-state index is 0.210. The highest BCUT2D eigenvalue weighted by molar-refractivity contribution is 6.41. The molecule has 5 rings (SSSR count). The Morgan fingerprint density at radius 1 is 1.07 bits per heavy atom. The Balaban J connectivity index is 1.55. The van der Waals surface area contributed by atoms with E-state index in [0.29, 0.717) is 64.9 Å². The first-order valence-electron chi connectivity index (χ1n) is 13.0. The molecular formula is C28H32Cl2N6O4. The van der Waals surface area contributed by atoms with E-state index in [1.165, 1.54) is 0 Å². The number of ether oxygens (including phenoxy) is 4. The maximum absolute atomic E-state index is 6.75. The third-order valence-corrected chi connectivity index (χ3v) is 7.48. The molecule has 212 valence electrons. The van der Waals surface area contributed by atoms with Gasteiger partial charge in [-0.1, -0.05) is 23.2 Å². The van der Waals surface area contributed by atoms with Crippen LogP contribution in [0.2, 0.25) is 10.0 Å². The second-order valence-electron chi connectivity index (χ2n) is 9.45. The number of halogens is 2. The van der Waals surface area contributed by atoms with Gasteiger partial charge in [0.1, 0.15) is 23.1 Å². The molecule has 1 aliphatic heterocycles. The smallest absolute Gasteiger partial charge is 0.141 e. The summed E-state index contributed by atoms with van der Waals surface area (Å²) in [6, 6.07) is 5.78. The molecule has 4 aromatic rings. The van der Waals surface area contributed by atoms with Gasteiger partial charge in [0.25, 0.3) is 0 Å². The summed E-state index contributed by atoms with van der Waals surface area (Å²) in [7, 11) is 4.76. The van der Waals surface area contributed by atoms with Crippen LogP contribution in [0.5, 0.6) is 11.5 Å². The molecule has 0 bridgehead atoms. The molecule has 12 heteroatoms. The van der Waals surface area contributed by atoms with Crippen LogP contribution < -0.4 is 20.1 Å². The van der Waals surface area contributed by atoms with E-state index in [0.717, 1.165) is 41.6 Å². The zero-order valence-corrected chi connectivity index (χ0v) is 24.2. The standard InChI is InChI=1S/C28H32Cl2N6O4/c1-37-8-6-36-15-17(13-33-36)12-32-28-20-10-24(34-19-5-4-7-40-16-19)31-14-18(20)9-21(35-28)25-26(29)22(38-2)11-23(39-3)27(25)30/h9-11,13-15,19H,4-8,12,16H2,1-3H3,(H,31,34)(H,32,35). The van der Waals surface area contributed by atoms with Gasteiger partial charge in [0, 0.05) is 60.6 Å². The average molecular weight is 588 g/mol. The first-order chi connectivity index (χ1) is 19.5. The van der Waals surface area contributed by atoms with Gasteiger partial charge in [-0.25, -0.2) is 9.97 Å². The van der Waals surface area contributed by atoms with E-state index in [1.54, 1.807) is 27.4 Å². The van der Waals surface area contributed by atoms with Crippen molar-refractivity contribution < 1.29 is 18.9 Å². The summed E-state index contributed by atoms with van der Waals surface area (Å²) in [5.41, 5.74) is 2.07. The van der Waals surface area contributed by atoms with Crippen LogP contribution in [0, 0.1) is 0 Å². The van der Waals surface area contributed by atoms with Crippen LogP contribution in [-0.4, -0.2) is 66.9 Å². The van der Waals surface area contributed by atoms with Crippen LogP contribution in [0.1, 0.15) is 18.4 Å². The molecule has 40 heavy (non-hydrogen) atoms. The molecule has 2 N–H and O–H groups in total. The molecule has 0 spiro atoms. The predicted octanol–water partition coefficient (Wildman–Crippen LogP) is 5.67. The molecule has 0 amide bonds. The molecule has 1 fully saturated rings. The van der Waals surface area contributed by atoms with Gasteiger partial charge in [0.2, 0.25) is 0 Å². The Kier molecular flexibility index (Phi) is 9.11. The Morgan fingerprint density at radius 2 is 1.88 bits per heavy atom. The van der Waals surface area contributed by atoms with E-state index in [4.69, 9.17) is 47.1 Å².